The number of hydrogen-bond acceptors (Lipinski definition) is 10. The summed E-state index contributed by atoms with van der Waals surface area (Å²) in [7, 11) is -10.3. The van der Waals surface area contributed by atoms with Crippen molar-refractivity contribution in [2.75, 3.05) is 0 Å². The van der Waals surface area contributed by atoms with E-state index < -0.39 is 50.6 Å². The first-order chi connectivity index (χ1) is 18.6. The Morgan fingerprint density at radius 2 is 1.24 bits per heavy atom. The van der Waals surface area contributed by atoms with Gasteiger partial charge in [0.1, 0.15) is 12.2 Å². The van der Waals surface area contributed by atoms with E-state index in [1.165, 1.54) is 0 Å². The van der Waals surface area contributed by atoms with Gasteiger partial charge < -0.3 is 19.3 Å². The molecule has 0 aromatic heterocycles. The molecule has 4 aliphatic rings. The van der Waals surface area contributed by atoms with Gasteiger partial charge in [-0.2, -0.15) is 0 Å². The zero-order valence-electron chi connectivity index (χ0n) is 29.4. The minimum atomic E-state index is -5.16. The third-order valence-electron chi connectivity index (χ3n) is 12.5. The molecule has 10 nitrogen and oxygen atoms in total. The predicted molar refractivity (Wildman–Crippen MR) is 145 cm³/mol. The average Bonchev–Trinajstić information content (AvgIpc) is 3.17. The molecule has 0 aromatic rings. The first-order valence-corrected chi connectivity index (χ1v) is 17.8. The Balaban J connectivity index is 0.00000484. The van der Waals surface area contributed by atoms with Crippen molar-refractivity contribution in [1.29, 1.82) is 0 Å². The summed E-state index contributed by atoms with van der Waals surface area (Å²) in [4.78, 5) is 0. The molecule has 0 radical (unpaired) electrons. The summed E-state index contributed by atoms with van der Waals surface area (Å²) in [6.45, 7) is 14.2. The maximum Gasteiger partial charge on any atom is 1.00 e. The summed E-state index contributed by atoms with van der Waals surface area (Å²) in [5.41, 5.74) is -0.751. The van der Waals surface area contributed by atoms with Gasteiger partial charge in [-0.1, -0.05) is 60.3 Å². The number of fused-ring (bicyclic) bond motifs is 5. The van der Waals surface area contributed by atoms with Gasteiger partial charge in [0.2, 0.25) is 20.8 Å². The van der Waals surface area contributed by atoms with Crippen LogP contribution in [0.1, 0.15) is 99.8 Å². The van der Waals surface area contributed by atoms with Crippen LogP contribution < -0.4 is 128 Å². The fraction of sp³-hybridized carbons (Fsp3) is 1.00. The normalized spacial score (nSPS) is 39.0. The monoisotopic (exact) mass is 712 g/mol. The van der Waals surface area contributed by atoms with Crippen LogP contribution in [-0.4, -0.2) is 50.4 Å². The van der Waals surface area contributed by atoms with Crippen LogP contribution in [0.15, 0.2) is 0 Å². The second-order valence-corrected chi connectivity index (χ2v) is 17.4. The molecule has 3 unspecified atom stereocenters. The second kappa shape index (κ2) is 17.7. The fourth-order valence-electron chi connectivity index (χ4n) is 9.95. The van der Waals surface area contributed by atoms with Crippen LogP contribution in [0.5, 0.6) is 0 Å². The Morgan fingerprint density at radius 3 is 1.76 bits per heavy atom. The van der Waals surface area contributed by atoms with Crippen LogP contribution in [0.3, 0.4) is 0 Å². The first kappa shape index (κ1) is 48.7. The minimum Gasteiger partial charge on any atom is -0.852 e. The first-order valence-electron chi connectivity index (χ1n) is 15.2. The van der Waals surface area contributed by atoms with E-state index in [1.54, 1.807) is 0 Å². The molecule has 16 heteroatoms. The van der Waals surface area contributed by atoms with E-state index in [4.69, 9.17) is 8.37 Å². The summed E-state index contributed by atoms with van der Waals surface area (Å²) in [6, 6.07) is 0. The molecule has 0 saturated heterocycles. The molecule has 4 saturated carbocycles. The van der Waals surface area contributed by atoms with Gasteiger partial charge in [0.05, 0.1) is 0 Å². The second-order valence-electron chi connectivity index (χ2n) is 15.4. The van der Waals surface area contributed by atoms with Crippen LogP contribution in [0.25, 0.3) is 0 Å². The average molecular weight is 713 g/mol. The van der Waals surface area contributed by atoms with E-state index in [2.05, 4.69) is 13.8 Å². The molecule has 0 heterocycles. The molecule has 0 amide bonds. The third-order valence-corrected chi connectivity index (χ3v) is 13.5. The summed E-state index contributed by atoms with van der Waals surface area (Å²) in [5.74, 6) is 0.500. The molecule has 4 aliphatic carbocycles. The summed E-state index contributed by atoms with van der Waals surface area (Å²) >= 11 is 0. The zero-order valence-corrected chi connectivity index (χ0v) is 39.0. The van der Waals surface area contributed by atoms with Gasteiger partial charge in [0.25, 0.3) is 0 Å². The van der Waals surface area contributed by atoms with Gasteiger partial charge in [0.15, 0.2) is 0 Å². The van der Waals surface area contributed by atoms with Gasteiger partial charge in [-0.3, -0.25) is 8.37 Å². The molecule has 0 aliphatic heterocycles. The Morgan fingerprint density at radius 1 is 0.733 bits per heavy atom. The van der Waals surface area contributed by atoms with E-state index in [0.29, 0.717) is 11.8 Å². The van der Waals surface area contributed by atoms with Crippen LogP contribution in [-0.2, 0) is 29.2 Å². The van der Waals surface area contributed by atoms with Crippen molar-refractivity contribution in [2.45, 2.75) is 124 Å². The van der Waals surface area contributed by atoms with E-state index in [1.807, 2.05) is 34.6 Å². The van der Waals surface area contributed by atoms with Crippen molar-refractivity contribution in [2.24, 2.45) is 57.7 Å². The van der Waals surface area contributed by atoms with Crippen molar-refractivity contribution < 1.29 is 163 Å². The number of rotatable bonds is 8. The Kier molecular flexibility index (Phi) is 19.1. The maximum absolute atomic E-state index is 13.5. The molecule has 45 heavy (non-hydrogen) atoms. The van der Waals surface area contributed by atoms with Crippen molar-refractivity contribution in [3.05, 3.63) is 0 Å². The van der Waals surface area contributed by atoms with Crippen molar-refractivity contribution >= 4 is 20.8 Å². The van der Waals surface area contributed by atoms with Crippen LogP contribution in [0.4, 0.5) is 0 Å². The summed E-state index contributed by atoms with van der Waals surface area (Å²) in [5, 5.41) is 26.8. The van der Waals surface area contributed by atoms with Gasteiger partial charge in [-0.05, 0) is 97.2 Å². The Bertz CT molecular complexity index is 1190. The van der Waals surface area contributed by atoms with Gasteiger partial charge >= 0.3 is 118 Å². The fourth-order valence-corrected chi connectivity index (χ4v) is 10.9. The Labute approximate surface area is 360 Å². The molecule has 0 bridgehead atoms. The van der Waals surface area contributed by atoms with Crippen molar-refractivity contribution in [1.82, 2.24) is 0 Å². The van der Waals surface area contributed by atoms with E-state index in [-0.39, 0.29) is 171 Å². The smallest absolute Gasteiger partial charge is 0.852 e. The molecule has 4 fully saturated rings. The maximum atomic E-state index is 13.5. The molecule has 240 valence electrons. The summed E-state index contributed by atoms with van der Waals surface area (Å²) in [6.07, 6.45) is 0.435. The van der Waals surface area contributed by atoms with Gasteiger partial charge in [-0.15, -0.1) is 12.2 Å². The van der Waals surface area contributed by atoms with E-state index >= 15 is 0 Å². The number of hydrogen-bond donors (Lipinski definition) is 0. The Hall–Kier alpha value is 3.66. The molecule has 0 aromatic carbocycles. The SMILES string of the molecule is CC(C([O-])C([O-])[C@@H](C)[C@H]1CC[C@H]2[C@@H]3CC[C@H]4C[C@H](OS(=O)(=O)[O-])[C@@H](OS(=O)(=O)[O-])C[C@]4(C)[C@H]3CC[C@]12C)C(C)(C)C.[Na+].[Na+].[Na+].[Na+]. The standard InChI is InChI=1S/C29H50O10S2.4Na/c1-16(25(30)26(31)17(2)27(3,4)5)20-10-11-21-19-9-8-18-14-23(38-40(32,33)34)24(39-41(35,36)37)15-29(18,7)22(19)12-13-28(20,21)6;;;;/h16-26H,8-15H2,1-7H3,(H,32,33,34)(H,35,36,37);;;;/q-2;4*+1/p-2/t16-,17?,18-,19-,20+,21-,22-,23-,24-,25?,26?,28+,29-;;;;/m0..../s1. The van der Waals surface area contributed by atoms with Crippen molar-refractivity contribution in [3.63, 3.8) is 0 Å². The quantitative estimate of drug-likeness (QED) is 0.133. The van der Waals surface area contributed by atoms with Crippen LogP contribution in [0, 0.1) is 57.7 Å². The molecular formula is C29H48Na4O10S2. The molecular weight excluding hydrogens is 664 g/mol. The van der Waals surface area contributed by atoms with E-state index in [0.717, 1.165) is 38.5 Å². The molecule has 0 spiro atoms. The van der Waals surface area contributed by atoms with Crippen molar-refractivity contribution in [3.8, 4) is 0 Å². The van der Waals surface area contributed by atoms with Gasteiger partial charge in [-0.25, -0.2) is 16.8 Å². The van der Waals surface area contributed by atoms with E-state index in [9.17, 15) is 36.2 Å². The summed E-state index contributed by atoms with van der Waals surface area (Å²) < 4.78 is 78.3. The van der Waals surface area contributed by atoms with Crippen LogP contribution in [0.2, 0.25) is 0 Å². The topological polar surface area (TPSA) is 179 Å². The molecule has 0 N–H and O–H groups in total. The molecule has 4 rings (SSSR count). The minimum absolute atomic E-state index is 0. The largest absolute Gasteiger partial charge is 1.00 e. The van der Waals surface area contributed by atoms with Gasteiger partial charge in [0, 0.05) is 0 Å². The third kappa shape index (κ3) is 10.6. The predicted octanol–water partition coefficient (Wildman–Crippen LogP) is -9.26. The zero-order chi connectivity index (χ0) is 30.9. The van der Waals surface area contributed by atoms with Crippen LogP contribution >= 0.6 is 0 Å². The molecule has 13 atom stereocenters.